The van der Waals surface area contributed by atoms with Crippen LogP contribution >= 0.6 is 0 Å². The Bertz CT molecular complexity index is 1170. The largest absolute Gasteiger partial charge is 0.438 e. The Kier molecular flexibility index (Phi) is 5.46. The molecule has 2 aromatic rings. The van der Waals surface area contributed by atoms with Crippen LogP contribution in [0.5, 0.6) is 0 Å². The van der Waals surface area contributed by atoms with Crippen LogP contribution in [0.3, 0.4) is 0 Å². The van der Waals surface area contributed by atoms with Gasteiger partial charge in [-0.05, 0) is 37.5 Å². The van der Waals surface area contributed by atoms with E-state index in [9.17, 15) is 36.2 Å². The highest BCUT2D eigenvalue weighted by Crippen LogP contribution is 2.45. The monoisotopic (exact) mass is 489 g/mol. The van der Waals surface area contributed by atoms with Crippen molar-refractivity contribution in [3.05, 3.63) is 46.6 Å². The molecule has 13 heteroatoms. The minimum atomic E-state index is -5.25. The fraction of sp³-hybridized carbons (Fsp3) is 0.476. The van der Waals surface area contributed by atoms with E-state index in [1.807, 2.05) is 13.8 Å². The number of hydrogen-bond donors (Lipinski definition) is 2. The van der Waals surface area contributed by atoms with Gasteiger partial charge >= 0.3 is 12.4 Å². The van der Waals surface area contributed by atoms with Crippen molar-refractivity contribution in [1.29, 1.82) is 0 Å². The molecule has 0 aliphatic carbocycles. The molecule has 3 heterocycles. The molecule has 1 aromatic heterocycles. The van der Waals surface area contributed by atoms with Crippen molar-refractivity contribution in [3.63, 3.8) is 0 Å². The number of carbonyl (C=O) groups excluding carboxylic acids is 1. The second-order valence-electron chi connectivity index (χ2n) is 8.64. The van der Waals surface area contributed by atoms with E-state index >= 15 is 0 Å². The molecule has 2 aliphatic rings. The standard InChI is InChI=1S/C21H21F6N5O2/c1-10-4-5-13(6-11(10)2)14-7-16(20(22,23)24)31-17(28-14)8-15(30-31)18(33)32-19(34,21(25,26)27)9-12(3)29-32/h4-6,8,14,16,28,34H,7,9H2,1-3H3/t14-,16-,19+/m0/s1. The van der Waals surface area contributed by atoms with E-state index in [1.165, 1.54) is 6.92 Å². The zero-order chi connectivity index (χ0) is 25.2. The lowest BCUT2D eigenvalue weighted by molar-refractivity contribution is -0.297. The van der Waals surface area contributed by atoms with Gasteiger partial charge in [0, 0.05) is 24.6 Å². The van der Waals surface area contributed by atoms with Crippen LogP contribution in [0.25, 0.3) is 0 Å². The van der Waals surface area contributed by atoms with Gasteiger partial charge in [-0.2, -0.15) is 41.6 Å². The minimum Gasteiger partial charge on any atom is -0.363 e. The molecule has 1 aromatic carbocycles. The van der Waals surface area contributed by atoms with Crippen LogP contribution in [0.2, 0.25) is 0 Å². The molecule has 0 bridgehead atoms. The summed E-state index contributed by atoms with van der Waals surface area (Å²) in [6.45, 7) is 4.88. The van der Waals surface area contributed by atoms with Crippen LogP contribution < -0.4 is 5.32 Å². The molecule has 0 unspecified atom stereocenters. The van der Waals surface area contributed by atoms with Gasteiger partial charge in [0.1, 0.15) is 5.82 Å². The molecular weight excluding hydrogens is 468 g/mol. The smallest absolute Gasteiger partial charge is 0.363 e. The number of benzene rings is 1. The van der Waals surface area contributed by atoms with Gasteiger partial charge in [0.25, 0.3) is 11.6 Å². The maximum atomic E-state index is 13.9. The van der Waals surface area contributed by atoms with E-state index in [4.69, 9.17) is 0 Å². The van der Waals surface area contributed by atoms with Crippen LogP contribution in [0.15, 0.2) is 29.4 Å². The number of aryl methyl sites for hydroxylation is 2. The van der Waals surface area contributed by atoms with Crippen molar-refractivity contribution in [2.45, 2.75) is 63.8 Å². The predicted molar refractivity (Wildman–Crippen MR) is 109 cm³/mol. The quantitative estimate of drug-likeness (QED) is 0.603. The molecule has 1 amide bonds. The molecule has 0 saturated carbocycles. The number of amides is 1. The van der Waals surface area contributed by atoms with Crippen LogP contribution in [0.1, 0.15) is 59.0 Å². The predicted octanol–water partition coefficient (Wildman–Crippen LogP) is 4.63. The van der Waals surface area contributed by atoms with E-state index in [0.29, 0.717) is 10.2 Å². The van der Waals surface area contributed by atoms with Crippen molar-refractivity contribution >= 4 is 17.4 Å². The number of fused-ring (bicyclic) bond motifs is 1. The Balaban J connectivity index is 1.73. The van der Waals surface area contributed by atoms with Crippen molar-refractivity contribution in [3.8, 4) is 0 Å². The third kappa shape index (κ3) is 3.91. The molecule has 2 N–H and O–H groups in total. The molecule has 0 radical (unpaired) electrons. The second kappa shape index (κ2) is 7.72. The molecule has 4 rings (SSSR count). The van der Waals surface area contributed by atoms with Gasteiger partial charge in [-0.15, -0.1) is 0 Å². The van der Waals surface area contributed by atoms with E-state index in [0.717, 1.165) is 17.2 Å². The number of alkyl halides is 6. The number of hydrazone groups is 1. The zero-order valence-electron chi connectivity index (χ0n) is 18.3. The fourth-order valence-corrected chi connectivity index (χ4v) is 4.14. The number of rotatable bonds is 2. The Morgan fingerprint density at radius 2 is 1.79 bits per heavy atom. The molecule has 0 saturated heterocycles. The first kappa shape index (κ1) is 24.0. The highest BCUT2D eigenvalue weighted by molar-refractivity contribution is 5.97. The normalized spacial score (nSPS) is 25.1. The second-order valence-corrected chi connectivity index (χ2v) is 8.64. The molecule has 34 heavy (non-hydrogen) atoms. The number of halogens is 6. The summed E-state index contributed by atoms with van der Waals surface area (Å²) in [7, 11) is 0. The highest BCUT2D eigenvalue weighted by atomic mass is 19.4. The first-order valence-corrected chi connectivity index (χ1v) is 10.3. The van der Waals surface area contributed by atoms with Gasteiger partial charge in [0.15, 0.2) is 11.7 Å². The lowest BCUT2D eigenvalue weighted by Crippen LogP contribution is -2.56. The number of anilines is 1. The first-order valence-electron chi connectivity index (χ1n) is 10.3. The van der Waals surface area contributed by atoms with Gasteiger partial charge in [-0.1, -0.05) is 18.2 Å². The minimum absolute atomic E-state index is 0.167. The average molecular weight is 489 g/mol. The van der Waals surface area contributed by atoms with Crippen LogP contribution in [-0.4, -0.2) is 49.6 Å². The van der Waals surface area contributed by atoms with Crippen LogP contribution in [-0.2, 0) is 0 Å². The molecule has 7 nitrogen and oxygen atoms in total. The van der Waals surface area contributed by atoms with Crippen LogP contribution in [0.4, 0.5) is 32.2 Å². The Labute approximate surface area is 190 Å². The summed E-state index contributed by atoms with van der Waals surface area (Å²) in [6, 6.07) is 3.26. The maximum absolute atomic E-state index is 13.9. The number of nitrogens with one attached hydrogen (secondary N) is 1. The first-order chi connectivity index (χ1) is 15.6. The molecule has 2 aliphatic heterocycles. The van der Waals surface area contributed by atoms with Gasteiger partial charge < -0.3 is 10.4 Å². The van der Waals surface area contributed by atoms with Crippen molar-refractivity contribution < 1.29 is 36.2 Å². The number of carbonyl (C=O) groups is 1. The molecule has 0 spiro atoms. The third-order valence-corrected chi connectivity index (χ3v) is 6.11. The highest BCUT2D eigenvalue weighted by Gasteiger charge is 2.63. The van der Waals surface area contributed by atoms with Crippen LogP contribution in [0, 0.1) is 13.8 Å². The summed E-state index contributed by atoms with van der Waals surface area (Å²) in [5, 5.41) is 20.0. The number of aromatic nitrogens is 2. The van der Waals surface area contributed by atoms with Gasteiger partial charge in [-0.25, -0.2) is 4.68 Å². The Hall–Kier alpha value is -3.09. The van der Waals surface area contributed by atoms with Crippen molar-refractivity contribution in [2.75, 3.05) is 5.32 Å². The van der Waals surface area contributed by atoms with E-state index in [2.05, 4.69) is 15.5 Å². The van der Waals surface area contributed by atoms with Gasteiger partial charge in [0.05, 0.1) is 6.04 Å². The van der Waals surface area contributed by atoms with Gasteiger partial charge in [0.2, 0.25) is 0 Å². The summed E-state index contributed by atoms with van der Waals surface area (Å²) in [5.74, 6) is -1.65. The summed E-state index contributed by atoms with van der Waals surface area (Å²) in [5.41, 5.74) is -2.06. The number of nitrogens with zero attached hydrogens (tertiary/aromatic N) is 4. The van der Waals surface area contributed by atoms with Crippen molar-refractivity contribution in [1.82, 2.24) is 14.8 Å². The molecular formula is C21H21F6N5O2. The number of aliphatic hydroxyl groups is 1. The summed E-state index contributed by atoms with van der Waals surface area (Å²) < 4.78 is 82.7. The van der Waals surface area contributed by atoms with E-state index < -0.39 is 54.6 Å². The topological polar surface area (TPSA) is 82.8 Å². The maximum Gasteiger partial charge on any atom is 0.438 e. The SMILES string of the molecule is CC1=NN(C(=O)c2cc3n(n2)[C@H](C(F)(F)F)C[C@@H](c2ccc(C)c(C)c2)N3)[C@](O)(C(F)(F)F)C1. The lowest BCUT2D eigenvalue weighted by Gasteiger charge is -2.33. The summed E-state index contributed by atoms with van der Waals surface area (Å²) in [6.07, 6.45) is -11.4. The van der Waals surface area contributed by atoms with Crippen molar-refractivity contribution in [2.24, 2.45) is 5.10 Å². The Morgan fingerprint density at radius 1 is 1.12 bits per heavy atom. The Morgan fingerprint density at radius 3 is 2.38 bits per heavy atom. The summed E-state index contributed by atoms with van der Waals surface area (Å²) in [4.78, 5) is 12.8. The number of hydrogen-bond acceptors (Lipinski definition) is 5. The summed E-state index contributed by atoms with van der Waals surface area (Å²) >= 11 is 0. The van der Waals surface area contributed by atoms with E-state index in [-0.39, 0.29) is 16.5 Å². The third-order valence-electron chi connectivity index (χ3n) is 6.11. The zero-order valence-corrected chi connectivity index (χ0v) is 18.3. The van der Waals surface area contributed by atoms with Gasteiger partial charge in [-0.3, -0.25) is 4.79 Å². The molecule has 3 atom stereocenters. The average Bonchev–Trinajstić information content (AvgIpc) is 3.28. The molecule has 184 valence electrons. The molecule has 0 fully saturated rings. The fourth-order valence-electron chi connectivity index (χ4n) is 4.14. The lowest BCUT2D eigenvalue weighted by atomic mass is 9.94. The van der Waals surface area contributed by atoms with E-state index in [1.54, 1.807) is 18.2 Å².